The number of nitrogens with zero attached hydrogens (tertiary/aromatic N) is 4. The topological polar surface area (TPSA) is 225 Å². The molecule has 18 heteroatoms. The third-order valence-corrected chi connectivity index (χ3v) is 8.79. The Kier molecular flexibility index (Phi) is 12.9. The van der Waals surface area contributed by atoms with Crippen LogP contribution in [-0.2, 0) is 20.2 Å². The average molecular weight is 741 g/mol. The molecule has 0 aliphatic carbocycles. The fraction of sp³-hybridized carbons (Fsp3) is 0. The Morgan fingerprint density at radius 2 is 1.08 bits per heavy atom. The van der Waals surface area contributed by atoms with Gasteiger partial charge in [-0.2, -0.15) is 10.2 Å². The number of phenols is 1. The van der Waals surface area contributed by atoms with Gasteiger partial charge in [-0.05, 0) is 89.0 Å². The number of fused-ring (bicyclic) bond motifs is 2. The van der Waals surface area contributed by atoms with Gasteiger partial charge in [0.15, 0.2) is 5.75 Å². The smallest absolute Gasteiger partial charge is 0.744 e. The van der Waals surface area contributed by atoms with Crippen molar-refractivity contribution >= 4 is 81.9 Å². The molecule has 0 atom stereocenters. The SMILES string of the molecule is O=C(Nc1ccc2cc(N=Nc3ccccc3)c(S(=O)(=O)[O-])cc2c1)Nc1ccc2c(O)c(N=Nc3ccccc3)c(S(=O)(=O)[O-])cc2c1.[Na+].[Na+]. The number of phenolic OH excluding ortho intramolecular Hbond substituents is 1. The van der Waals surface area contributed by atoms with Crippen molar-refractivity contribution in [3.8, 4) is 5.75 Å². The van der Waals surface area contributed by atoms with Crippen molar-refractivity contribution in [3.05, 3.63) is 115 Å². The van der Waals surface area contributed by atoms with Gasteiger partial charge in [0.1, 0.15) is 31.6 Å². The molecule has 14 nitrogen and oxygen atoms in total. The first kappa shape index (κ1) is 39.7. The Morgan fingerprint density at radius 1 is 0.569 bits per heavy atom. The number of aromatic hydroxyl groups is 1. The summed E-state index contributed by atoms with van der Waals surface area (Å²) < 4.78 is 72.5. The summed E-state index contributed by atoms with van der Waals surface area (Å²) >= 11 is 0. The predicted octanol–water partition coefficient (Wildman–Crippen LogP) is 1.99. The van der Waals surface area contributed by atoms with Crippen LogP contribution < -0.4 is 69.7 Å². The molecular weight excluding hydrogens is 719 g/mol. The van der Waals surface area contributed by atoms with Crippen LogP contribution in [0, 0.1) is 0 Å². The summed E-state index contributed by atoms with van der Waals surface area (Å²) in [6.07, 6.45) is 0. The first-order valence-corrected chi connectivity index (χ1v) is 17.0. The van der Waals surface area contributed by atoms with E-state index in [1.54, 1.807) is 72.8 Å². The van der Waals surface area contributed by atoms with E-state index in [4.69, 9.17) is 0 Å². The van der Waals surface area contributed by atoms with Crippen molar-refractivity contribution in [1.82, 2.24) is 0 Å². The Labute approximate surface area is 335 Å². The molecule has 0 bridgehead atoms. The summed E-state index contributed by atoms with van der Waals surface area (Å²) in [4.78, 5) is 11.5. The molecule has 51 heavy (non-hydrogen) atoms. The second-order valence-corrected chi connectivity index (χ2v) is 13.1. The average Bonchev–Trinajstić information content (AvgIpc) is 3.06. The predicted molar refractivity (Wildman–Crippen MR) is 179 cm³/mol. The number of nitrogens with one attached hydrogen (secondary N) is 2. The van der Waals surface area contributed by atoms with E-state index in [1.807, 2.05) is 0 Å². The number of azo groups is 2. The number of amides is 2. The molecule has 2 amide bonds. The van der Waals surface area contributed by atoms with Gasteiger partial charge in [0.25, 0.3) is 0 Å². The second kappa shape index (κ2) is 16.5. The van der Waals surface area contributed by atoms with E-state index in [1.165, 1.54) is 30.3 Å². The van der Waals surface area contributed by atoms with Crippen molar-refractivity contribution in [2.75, 3.05) is 10.6 Å². The normalized spacial score (nSPS) is 11.7. The monoisotopic (exact) mass is 740 g/mol. The van der Waals surface area contributed by atoms with Crippen LogP contribution in [0.15, 0.2) is 146 Å². The minimum atomic E-state index is -5.11. The van der Waals surface area contributed by atoms with Gasteiger partial charge in [0, 0.05) is 16.8 Å². The van der Waals surface area contributed by atoms with Crippen LogP contribution >= 0.6 is 0 Å². The van der Waals surface area contributed by atoms with E-state index >= 15 is 0 Å². The molecule has 246 valence electrons. The maximum atomic E-state index is 12.9. The molecule has 0 fully saturated rings. The van der Waals surface area contributed by atoms with Gasteiger partial charge in [-0.3, -0.25) is 0 Å². The Balaban J connectivity index is 0.00000292. The molecule has 6 aromatic carbocycles. The van der Waals surface area contributed by atoms with Crippen LogP contribution in [0.1, 0.15) is 0 Å². The second-order valence-electron chi connectivity index (χ2n) is 10.4. The first-order chi connectivity index (χ1) is 23.3. The largest absolute Gasteiger partial charge is 1.00 e. The van der Waals surface area contributed by atoms with E-state index < -0.39 is 47.5 Å². The van der Waals surface area contributed by atoms with Gasteiger partial charge >= 0.3 is 65.1 Å². The van der Waals surface area contributed by atoms with Crippen LogP contribution in [0.25, 0.3) is 21.5 Å². The van der Waals surface area contributed by atoms with Crippen LogP contribution in [0.4, 0.5) is 38.9 Å². The minimum Gasteiger partial charge on any atom is -0.744 e. The van der Waals surface area contributed by atoms with Crippen molar-refractivity contribution in [1.29, 1.82) is 0 Å². The Morgan fingerprint density at radius 3 is 1.65 bits per heavy atom. The fourth-order valence-corrected chi connectivity index (χ4v) is 6.11. The van der Waals surface area contributed by atoms with Gasteiger partial charge in [0.2, 0.25) is 0 Å². The van der Waals surface area contributed by atoms with Gasteiger partial charge < -0.3 is 24.8 Å². The molecule has 6 aromatic rings. The quantitative estimate of drug-likeness (QED) is 0.119. The van der Waals surface area contributed by atoms with Crippen LogP contribution in [-0.4, -0.2) is 37.1 Å². The maximum absolute atomic E-state index is 12.9. The minimum absolute atomic E-state index is 0. The van der Waals surface area contributed by atoms with E-state index in [-0.39, 0.29) is 86.9 Å². The van der Waals surface area contributed by atoms with Crippen LogP contribution in [0.2, 0.25) is 0 Å². The van der Waals surface area contributed by atoms with Crippen molar-refractivity contribution < 1.29 is 95.0 Å². The molecule has 0 unspecified atom stereocenters. The standard InChI is InChI=1S/C33H24N6O8S2.2Na/c40-32-27-14-13-26(16-22(27)19-30(49(45,46)47)31(32)39-37-24-9-5-2-6-10-24)35-33(41)34-25-12-11-20-17-28(38-36-23-7-3-1-4-8-23)29(48(42,43)44)18-21(20)15-25;;/h1-19,40H,(H2,34,35,41)(H,42,43,44)(H,45,46,47);;/q;2*+1/p-2. The summed E-state index contributed by atoms with van der Waals surface area (Å²) in [5.74, 6) is -0.595. The van der Waals surface area contributed by atoms with E-state index in [9.17, 15) is 35.8 Å². The van der Waals surface area contributed by atoms with Gasteiger partial charge in [-0.15, -0.1) is 10.2 Å². The van der Waals surface area contributed by atoms with E-state index in [0.29, 0.717) is 22.1 Å². The Hall–Kier alpha value is -4.07. The van der Waals surface area contributed by atoms with Gasteiger partial charge in [-0.1, -0.05) is 42.5 Å². The molecule has 0 spiro atoms. The number of rotatable bonds is 8. The number of anilines is 2. The molecule has 0 aliphatic heterocycles. The van der Waals surface area contributed by atoms with Crippen molar-refractivity contribution in [3.63, 3.8) is 0 Å². The fourth-order valence-electron chi connectivity index (χ4n) is 4.84. The third-order valence-electron chi connectivity index (χ3n) is 7.07. The van der Waals surface area contributed by atoms with Gasteiger partial charge in [-0.25, -0.2) is 21.6 Å². The molecule has 3 N–H and O–H groups in total. The van der Waals surface area contributed by atoms with E-state index in [0.717, 1.165) is 12.1 Å². The first-order valence-electron chi connectivity index (χ1n) is 14.2. The van der Waals surface area contributed by atoms with Crippen LogP contribution in [0.5, 0.6) is 5.75 Å². The molecule has 0 heterocycles. The number of hydrogen-bond donors (Lipinski definition) is 3. The molecule has 0 aliphatic rings. The zero-order valence-electron chi connectivity index (χ0n) is 26.9. The van der Waals surface area contributed by atoms with Crippen molar-refractivity contribution in [2.45, 2.75) is 9.79 Å². The zero-order valence-corrected chi connectivity index (χ0v) is 32.5. The number of urea groups is 1. The molecule has 0 radical (unpaired) electrons. The maximum Gasteiger partial charge on any atom is 1.00 e. The Bertz CT molecular complexity index is 2540. The number of carbonyl (C=O) groups is 1. The summed E-state index contributed by atoms with van der Waals surface area (Å²) in [6.45, 7) is 0. The van der Waals surface area contributed by atoms with Crippen LogP contribution in [0.3, 0.4) is 0 Å². The molecule has 0 aromatic heterocycles. The van der Waals surface area contributed by atoms with E-state index in [2.05, 4.69) is 31.1 Å². The summed E-state index contributed by atoms with van der Waals surface area (Å²) in [7, 11) is -10.1. The number of hydrogen-bond acceptors (Lipinski definition) is 12. The molecule has 6 rings (SSSR count). The molecule has 0 saturated carbocycles. The number of benzene rings is 6. The zero-order chi connectivity index (χ0) is 34.8. The van der Waals surface area contributed by atoms with Gasteiger partial charge in [0.05, 0.1) is 21.2 Å². The van der Waals surface area contributed by atoms with Crippen molar-refractivity contribution in [2.24, 2.45) is 20.5 Å². The molecule has 0 saturated heterocycles. The third kappa shape index (κ3) is 9.63. The summed E-state index contributed by atoms with van der Waals surface area (Å²) in [6, 6.07) is 28.4. The molecular formula is C33H22N6Na2O8S2. The summed E-state index contributed by atoms with van der Waals surface area (Å²) in [5.41, 5.74) is 0.554. The number of carbonyl (C=O) groups excluding carboxylic acids is 1. The summed E-state index contributed by atoms with van der Waals surface area (Å²) in [5, 5.41) is 32.9.